The SMILES string of the molecule is Cc1ccc(-c2cc3c(n4cnnc24)CCc2c(F)ccc4c2[C@H](CO4)CO3)c(C)n1.O=CO. The number of fused-ring (bicyclic) bond motifs is 3. The third-order valence-corrected chi connectivity index (χ3v) is 6.31. The minimum Gasteiger partial charge on any atom is -0.493 e. The number of rotatable bonds is 1. The normalized spacial score (nSPS) is 16.0. The van der Waals surface area contributed by atoms with E-state index in [1.165, 1.54) is 6.07 Å². The molecule has 0 amide bonds. The molecule has 0 spiro atoms. The van der Waals surface area contributed by atoms with Crippen molar-refractivity contribution in [1.29, 1.82) is 0 Å². The van der Waals surface area contributed by atoms with Gasteiger partial charge in [0.25, 0.3) is 6.47 Å². The first-order valence-electron chi connectivity index (χ1n) is 11.0. The van der Waals surface area contributed by atoms with Crippen molar-refractivity contribution in [3.05, 3.63) is 70.7 Å². The van der Waals surface area contributed by atoms with Crippen LogP contribution in [0, 0.1) is 19.7 Å². The summed E-state index contributed by atoms with van der Waals surface area (Å²) >= 11 is 0. The summed E-state index contributed by atoms with van der Waals surface area (Å²) in [6, 6.07) is 9.31. The molecule has 8 nitrogen and oxygen atoms in total. The van der Waals surface area contributed by atoms with E-state index in [4.69, 9.17) is 19.4 Å². The molecule has 34 heavy (non-hydrogen) atoms. The first-order chi connectivity index (χ1) is 16.5. The Kier molecular flexibility index (Phi) is 5.61. The highest BCUT2D eigenvalue weighted by molar-refractivity contribution is 5.80. The van der Waals surface area contributed by atoms with Gasteiger partial charge in [-0.05, 0) is 56.5 Å². The van der Waals surface area contributed by atoms with E-state index < -0.39 is 0 Å². The summed E-state index contributed by atoms with van der Waals surface area (Å²) < 4.78 is 28.9. The molecule has 2 aliphatic rings. The zero-order chi connectivity index (χ0) is 23.8. The summed E-state index contributed by atoms with van der Waals surface area (Å²) in [6.45, 7) is 4.65. The van der Waals surface area contributed by atoms with Gasteiger partial charge < -0.3 is 14.6 Å². The molecule has 4 aromatic rings. The smallest absolute Gasteiger partial charge is 0.290 e. The van der Waals surface area contributed by atoms with E-state index in [0.29, 0.717) is 26.1 Å². The van der Waals surface area contributed by atoms with Crippen LogP contribution in [0.15, 0.2) is 36.7 Å². The van der Waals surface area contributed by atoms with Gasteiger partial charge in [0.1, 0.15) is 23.6 Å². The third-order valence-electron chi connectivity index (χ3n) is 6.31. The highest BCUT2D eigenvalue weighted by atomic mass is 19.1. The van der Waals surface area contributed by atoms with Crippen LogP contribution in [-0.2, 0) is 17.6 Å². The average molecular weight is 462 g/mol. The van der Waals surface area contributed by atoms with Crippen LogP contribution in [0.5, 0.6) is 11.5 Å². The number of carboxylic acid groups (broad SMARTS) is 1. The highest BCUT2D eigenvalue weighted by Crippen LogP contribution is 2.41. The van der Waals surface area contributed by atoms with Gasteiger partial charge in [0.2, 0.25) is 0 Å². The zero-order valence-corrected chi connectivity index (χ0v) is 18.8. The Morgan fingerprint density at radius 2 is 1.85 bits per heavy atom. The molecule has 1 aromatic carbocycles. The van der Waals surface area contributed by atoms with E-state index in [0.717, 1.165) is 56.5 Å². The number of pyridine rings is 2. The quantitative estimate of drug-likeness (QED) is 0.428. The average Bonchev–Trinajstić information content (AvgIpc) is 3.46. The second-order valence-electron chi connectivity index (χ2n) is 8.34. The Labute approximate surface area is 195 Å². The van der Waals surface area contributed by atoms with Crippen molar-refractivity contribution in [3.8, 4) is 22.6 Å². The number of aromatic nitrogens is 4. The number of hydrogen-bond donors (Lipinski definition) is 1. The lowest BCUT2D eigenvalue weighted by Crippen LogP contribution is -2.13. The maximum Gasteiger partial charge on any atom is 0.290 e. The molecule has 0 radical (unpaired) electrons. The van der Waals surface area contributed by atoms with Crippen molar-refractivity contribution in [1.82, 2.24) is 19.6 Å². The van der Waals surface area contributed by atoms with Gasteiger partial charge in [-0.2, -0.15) is 0 Å². The Hall–Kier alpha value is -4.01. The van der Waals surface area contributed by atoms with Crippen molar-refractivity contribution in [3.63, 3.8) is 0 Å². The van der Waals surface area contributed by atoms with Crippen LogP contribution < -0.4 is 9.47 Å². The van der Waals surface area contributed by atoms with Crippen molar-refractivity contribution in [2.45, 2.75) is 32.6 Å². The second-order valence-corrected chi connectivity index (χ2v) is 8.34. The molecule has 9 heteroatoms. The number of benzene rings is 1. The monoisotopic (exact) mass is 462 g/mol. The molecule has 6 rings (SSSR count). The van der Waals surface area contributed by atoms with Gasteiger partial charge in [-0.3, -0.25) is 14.2 Å². The summed E-state index contributed by atoms with van der Waals surface area (Å²) in [4.78, 5) is 13.0. The molecule has 0 unspecified atom stereocenters. The number of hydrogen-bond acceptors (Lipinski definition) is 6. The molecule has 3 aromatic heterocycles. The maximum absolute atomic E-state index is 14.8. The fraction of sp³-hybridized carbons (Fsp3) is 0.280. The fourth-order valence-corrected chi connectivity index (χ4v) is 4.83. The van der Waals surface area contributed by atoms with Crippen molar-refractivity contribution < 1.29 is 23.8 Å². The lowest BCUT2D eigenvalue weighted by molar-refractivity contribution is -0.122. The summed E-state index contributed by atoms with van der Waals surface area (Å²) in [6.07, 6.45) is 2.87. The molecule has 0 saturated heterocycles. The van der Waals surface area contributed by atoms with Gasteiger partial charge >= 0.3 is 0 Å². The second kappa shape index (κ2) is 8.74. The summed E-state index contributed by atoms with van der Waals surface area (Å²) in [5, 5.41) is 15.4. The predicted octanol–water partition coefficient (Wildman–Crippen LogP) is 3.90. The van der Waals surface area contributed by atoms with E-state index in [1.807, 2.05) is 30.4 Å². The molecule has 1 atom stereocenters. The van der Waals surface area contributed by atoms with E-state index in [-0.39, 0.29) is 18.2 Å². The van der Waals surface area contributed by atoms with E-state index in [9.17, 15) is 4.39 Å². The third kappa shape index (κ3) is 3.63. The molecular weight excluding hydrogens is 439 g/mol. The topological polar surface area (TPSA) is 98.8 Å². The molecule has 1 N–H and O–H groups in total. The van der Waals surface area contributed by atoms with Crippen LogP contribution in [0.3, 0.4) is 0 Å². The van der Waals surface area contributed by atoms with Crippen LogP contribution in [0.4, 0.5) is 4.39 Å². The molecule has 0 bridgehead atoms. The molecule has 0 saturated carbocycles. The molecular formula is C25H23FN4O4. The minimum atomic E-state index is -0.250. The zero-order valence-electron chi connectivity index (χ0n) is 18.8. The van der Waals surface area contributed by atoms with Gasteiger partial charge in [0.05, 0.1) is 24.8 Å². The van der Waals surface area contributed by atoms with Crippen LogP contribution in [-0.4, -0.2) is 44.4 Å². The molecule has 2 aliphatic heterocycles. The summed E-state index contributed by atoms with van der Waals surface area (Å²) in [5.41, 5.74) is 7.18. The fourth-order valence-electron chi connectivity index (χ4n) is 4.83. The largest absolute Gasteiger partial charge is 0.493 e. The first kappa shape index (κ1) is 21.8. The maximum atomic E-state index is 14.8. The Balaban J connectivity index is 0.000000764. The number of nitrogens with zero attached hydrogens (tertiary/aromatic N) is 4. The Morgan fingerprint density at radius 1 is 1.09 bits per heavy atom. The van der Waals surface area contributed by atoms with Gasteiger partial charge in [0.15, 0.2) is 5.65 Å². The van der Waals surface area contributed by atoms with Crippen LogP contribution >= 0.6 is 0 Å². The standard InChI is InChI=1S/C24H21FN4O2.CH2O2/c1-13-3-4-16(14(2)27-13)18-9-22-20(29-12-26-28-24(18)29)7-5-17-19(25)6-8-21-23(17)15(10-30-21)11-31-22;2-1-3/h3-4,6,8-9,12,15H,5,7,10-11H2,1-2H3;1H,(H,2,3)/t15-;/m1./s1. The molecule has 5 heterocycles. The lowest BCUT2D eigenvalue weighted by Gasteiger charge is -2.17. The van der Waals surface area contributed by atoms with Gasteiger partial charge in [0, 0.05) is 28.1 Å². The summed E-state index contributed by atoms with van der Waals surface area (Å²) in [5.74, 6) is 1.36. The molecule has 0 fully saturated rings. The van der Waals surface area contributed by atoms with Crippen LogP contribution in [0.1, 0.15) is 34.1 Å². The highest BCUT2D eigenvalue weighted by Gasteiger charge is 2.31. The van der Waals surface area contributed by atoms with Gasteiger partial charge in [-0.15, -0.1) is 10.2 Å². The van der Waals surface area contributed by atoms with E-state index in [1.54, 1.807) is 12.4 Å². The number of aryl methyl sites for hydroxylation is 3. The van der Waals surface area contributed by atoms with Crippen molar-refractivity contribution in [2.75, 3.05) is 13.2 Å². The number of halogens is 1. The number of carbonyl (C=O) groups is 1. The molecule has 174 valence electrons. The van der Waals surface area contributed by atoms with Crippen molar-refractivity contribution >= 4 is 12.1 Å². The molecule has 0 aliphatic carbocycles. The Morgan fingerprint density at radius 3 is 2.62 bits per heavy atom. The lowest BCUT2D eigenvalue weighted by atomic mass is 9.93. The van der Waals surface area contributed by atoms with Gasteiger partial charge in [-0.25, -0.2) is 4.39 Å². The first-order valence-corrected chi connectivity index (χ1v) is 11.0. The van der Waals surface area contributed by atoms with E-state index >= 15 is 0 Å². The van der Waals surface area contributed by atoms with E-state index in [2.05, 4.69) is 21.2 Å². The van der Waals surface area contributed by atoms with Crippen molar-refractivity contribution in [2.24, 2.45) is 0 Å². The van der Waals surface area contributed by atoms with Gasteiger partial charge in [-0.1, -0.05) is 6.07 Å². The number of ether oxygens (including phenoxy) is 2. The van der Waals surface area contributed by atoms with Crippen LogP contribution in [0.25, 0.3) is 16.8 Å². The van der Waals surface area contributed by atoms with Crippen LogP contribution in [0.2, 0.25) is 0 Å². The summed E-state index contributed by atoms with van der Waals surface area (Å²) in [7, 11) is 0. The predicted molar refractivity (Wildman–Crippen MR) is 122 cm³/mol. The Bertz CT molecular complexity index is 1400. The minimum absolute atomic E-state index is 0.00878.